The fourth-order valence-electron chi connectivity index (χ4n) is 1.77. The predicted octanol–water partition coefficient (Wildman–Crippen LogP) is 2.00. The quantitative estimate of drug-likeness (QED) is 0.758. The Kier molecular flexibility index (Phi) is 4.93. The zero-order chi connectivity index (χ0) is 12.6. The molecule has 4 nitrogen and oxygen atoms in total. The van der Waals surface area contributed by atoms with E-state index in [2.05, 4.69) is 34.6 Å². The zero-order valence-electron chi connectivity index (χ0n) is 10.7. The lowest BCUT2D eigenvalue weighted by Crippen LogP contribution is -2.16. The highest BCUT2D eigenvalue weighted by molar-refractivity contribution is 5.34. The van der Waals surface area contributed by atoms with Crippen LogP contribution in [0.4, 0.5) is 0 Å². The van der Waals surface area contributed by atoms with Crippen LogP contribution < -0.4 is 5.32 Å². The first-order valence-corrected chi connectivity index (χ1v) is 6.17. The minimum Gasteiger partial charge on any atom is -0.385 e. The zero-order valence-corrected chi connectivity index (χ0v) is 10.7. The van der Waals surface area contributed by atoms with E-state index < -0.39 is 0 Å². The summed E-state index contributed by atoms with van der Waals surface area (Å²) in [6.07, 6.45) is 6.57. The van der Waals surface area contributed by atoms with Crippen LogP contribution in [0.25, 0.3) is 5.69 Å². The van der Waals surface area contributed by atoms with Crippen molar-refractivity contribution in [2.75, 3.05) is 20.3 Å². The molecule has 0 saturated carbocycles. The molecule has 0 spiro atoms. The van der Waals surface area contributed by atoms with E-state index in [1.54, 1.807) is 19.6 Å². The minimum absolute atomic E-state index is 0.812. The lowest BCUT2D eigenvalue weighted by atomic mass is 10.2. The molecule has 1 aromatic heterocycles. The van der Waals surface area contributed by atoms with Crippen molar-refractivity contribution in [1.29, 1.82) is 0 Å². The van der Waals surface area contributed by atoms with Crippen molar-refractivity contribution >= 4 is 0 Å². The van der Waals surface area contributed by atoms with E-state index in [9.17, 15) is 0 Å². The summed E-state index contributed by atoms with van der Waals surface area (Å²) in [6, 6.07) is 8.49. The molecular weight excluding hydrogens is 226 g/mol. The first-order valence-electron chi connectivity index (χ1n) is 6.17. The van der Waals surface area contributed by atoms with Crippen molar-refractivity contribution in [2.45, 2.75) is 13.0 Å². The van der Waals surface area contributed by atoms with E-state index in [1.807, 2.05) is 10.8 Å². The van der Waals surface area contributed by atoms with E-state index >= 15 is 0 Å². The summed E-state index contributed by atoms with van der Waals surface area (Å²) in [5.41, 5.74) is 2.42. The number of rotatable bonds is 7. The third-order valence-electron chi connectivity index (χ3n) is 2.77. The molecule has 1 heterocycles. The average Bonchev–Trinajstić information content (AvgIpc) is 2.93. The van der Waals surface area contributed by atoms with Crippen molar-refractivity contribution in [3.63, 3.8) is 0 Å². The Labute approximate surface area is 108 Å². The van der Waals surface area contributed by atoms with Gasteiger partial charge in [-0.1, -0.05) is 12.1 Å². The van der Waals surface area contributed by atoms with Crippen LogP contribution in [0.1, 0.15) is 12.0 Å². The number of benzene rings is 1. The Bertz CT molecular complexity index is 437. The van der Waals surface area contributed by atoms with Gasteiger partial charge in [-0.25, -0.2) is 4.98 Å². The molecule has 18 heavy (non-hydrogen) atoms. The van der Waals surface area contributed by atoms with Gasteiger partial charge < -0.3 is 14.6 Å². The van der Waals surface area contributed by atoms with Gasteiger partial charge >= 0.3 is 0 Å². The second-order valence-corrected chi connectivity index (χ2v) is 4.16. The second kappa shape index (κ2) is 6.93. The summed E-state index contributed by atoms with van der Waals surface area (Å²) in [5.74, 6) is 0. The Morgan fingerprint density at radius 1 is 1.28 bits per heavy atom. The molecule has 0 fully saturated rings. The summed E-state index contributed by atoms with van der Waals surface area (Å²) < 4.78 is 7.00. The second-order valence-electron chi connectivity index (χ2n) is 4.16. The van der Waals surface area contributed by atoms with E-state index in [0.29, 0.717) is 0 Å². The lowest BCUT2D eigenvalue weighted by molar-refractivity contribution is 0.194. The van der Waals surface area contributed by atoms with E-state index in [4.69, 9.17) is 4.74 Å². The molecule has 2 rings (SSSR count). The molecule has 0 aliphatic heterocycles. The van der Waals surface area contributed by atoms with Crippen molar-refractivity contribution in [3.8, 4) is 5.69 Å². The number of hydrogen-bond donors (Lipinski definition) is 1. The average molecular weight is 245 g/mol. The van der Waals surface area contributed by atoms with Crippen molar-refractivity contribution in [1.82, 2.24) is 14.9 Å². The number of imidazole rings is 1. The van der Waals surface area contributed by atoms with Crippen LogP contribution in [0, 0.1) is 0 Å². The van der Waals surface area contributed by atoms with Gasteiger partial charge in [0.15, 0.2) is 0 Å². The van der Waals surface area contributed by atoms with Crippen LogP contribution in [0.2, 0.25) is 0 Å². The van der Waals surface area contributed by atoms with Crippen LogP contribution in [0.3, 0.4) is 0 Å². The molecule has 1 aromatic carbocycles. The molecule has 0 bridgehead atoms. The molecule has 0 aliphatic carbocycles. The number of methoxy groups -OCH3 is 1. The topological polar surface area (TPSA) is 39.1 Å². The van der Waals surface area contributed by atoms with E-state index in [-0.39, 0.29) is 0 Å². The van der Waals surface area contributed by atoms with Gasteiger partial charge in [-0.3, -0.25) is 0 Å². The maximum Gasteiger partial charge on any atom is 0.0991 e. The number of ether oxygens (including phenoxy) is 1. The van der Waals surface area contributed by atoms with Gasteiger partial charge in [0.25, 0.3) is 0 Å². The van der Waals surface area contributed by atoms with Gasteiger partial charge in [0.1, 0.15) is 0 Å². The number of nitrogens with zero attached hydrogens (tertiary/aromatic N) is 2. The smallest absolute Gasteiger partial charge is 0.0991 e. The monoisotopic (exact) mass is 245 g/mol. The fraction of sp³-hybridized carbons (Fsp3) is 0.357. The minimum atomic E-state index is 0.812. The van der Waals surface area contributed by atoms with E-state index in [0.717, 1.165) is 31.8 Å². The molecular formula is C14H19N3O. The summed E-state index contributed by atoms with van der Waals surface area (Å²) in [7, 11) is 1.73. The van der Waals surface area contributed by atoms with Gasteiger partial charge in [-0.2, -0.15) is 0 Å². The van der Waals surface area contributed by atoms with Crippen molar-refractivity contribution in [2.24, 2.45) is 0 Å². The maximum atomic E-state index is 5.00. The molecule has 0 aliphatic rings. The number of nitrogens with one attached hydrogen (secondary N) is 1. The molecule has 2 aromatic rings. The first-order chi connectivity index (χ1) is 8.90. The van der Waals surface area contributed by atoms with E-state index in [1.165, 1.54) is 5.56 Å². The Balaban J connectivity index is 1.81. The first kappa shape index (κ1) is 12.8. The normalized spacial score (nSPS) is 10.7. The highest BCUT2D eigenvalue weighted by atomic mass is 16.5. The largest absolute Gasteiger partial charge is 0.385 e. The molecule has 0 amide bonds. The summed E-state index contributed by atoms with van der Waals surface area (Å²) in [4.78, 5) is 4.04. The van der Waals surface area contributed by atoms with Crippen LogP contribution in [0.15, 0.2) is 43.0 Å². The lowest BCUT2D eigenvalue weighted by Gasteiger charge is -2.06. The molecule has 0 saturated heterocycles. The van der Waals surface area contributed by atoms with Crippen LogP contribution in [0.5, 0.6) is 0 Å². The predicted molar refractivity (Wildman–Crippen MR) is 71.8 cm³/mol. The van der Waals surface area contributed by atoms with Crippen LogP contribution in [-0.2, 0) is 11.3 Å². The van der Waals surface area contributed by atoms with Crippen LogP contribution >= 0.6 is 0 Å². The standard InChI is InChI=1S/C14H19N3O/c1-18-10-2-7-15-11-13-3-5-14(6-4-13)17-9-8-16-12-17/h3-6,8-9,12,15H,2,7,10-11H2,1H3. The molecule has 0 atom stereocenters. The molecule has 1 N–H and O–H groups in total. The Morgan fingerprint density at radius 3 is 2.78 bits per heavy atom. The van der Waals surface area contributed by atoms with Gasteiger partial charge in [0.2, 0.25) is 0 Å². The number of hydrogen-bond acceptors (Lipinski definition) is 3. The molecule has 0 unspecified atom stereocenters. The Hall–Kier alpha value is -1.65. The van der Waals surface area contributed by atoms with Gasteiger partial charge in [-0.15, -0.1) is 0 Å². The SMILES string of the molecule is COCCCNCc1ccc(-n2ccnc2)cc1. The maximum absolute atomic E-state index is 5.00. The summed E-state index contributed by atoms with van der Waals surface area (Å²) >= 11 is 0. The van der Waals surface area contributed by atoms with Gasteiger partial charge in [0, 0.05) is 38.3 Å². The highest BCUT2D eigenvalue weighted by Crippen LogP contribution is 2.08. The summed E-state index contributed by atoms with van der Waals surface area (Å²) in [6.45, 7) is 2.69. The number of aromatic nitrogens is 2. The highest BCUT2D eigenvalue weighted by Gasteiger charge is 1.96. The molecule has 4 heteroatoms. The third-order valence-corrected chi connectivity index (χ3v) is 2.77. The fourth-order valence-corrected chi connectivity index (χ4v) is 1.77. The van der Waals surface area contributed by atoms with Gasteiger partial charge in [0.05, 0.1) is 6.33 Å². The van der Waals surface area contributed by atoms with Gasteiger partial charge in [-0.05, 0) is 30.7 Å². The van der Waals surface area contributed by atoms with Crippen molar-refractivity contribution < 1.29 is 4.74 Å². The molecule has 96 valence electrons. The summed E-state index contributed by atoms with van der Waals surface area (Å²) in [5, 5.41) is 3.39. The molecule has 0 radical (unpaired) electrons. The Morgan fingerprint density at radius 2 is 2.11 bits per heavy atom. The third kappa shape index (κ3) is 3.68. The van der Waals surface area contributed by atoms with Crippen LogP contribution in [-0.4, -0.2) is 29.8 Å². The van der Waals surface area contributed by atoms with Crippen molar-refractivity contribution in [3.05, 3.63) is 48.5 Å².